The molecule has 2 amide bonds. The molecular weight excluding hydrogens is 476 g/mol. The first-order valence-electron chi connectivity index (χ1n) is 10.2. The minimum absolute atomic E-state index is 0.256. The SMILES string of the molecule is O=C1[C@H]2[C@@H](ON(c3ccccc3)[C@H]2c2ccc(F)cc2)C(=O)N1c1ccc(Cl)c(C(F)(F)F)c1. The first kappa shape index (κ1) is 22.4. The Morgan fingerprint density at radius 3 is 2.18 bits per heavy atom. The van der Waals surface area contributed by atoms with Gasteiger partial charge in [0.1, 0.15) is 11.7 Å². The number of carbonyl (C=O) groups excluding carboxylic acids is 2. The highest BCUT2D eigenvalue weighted by Crippen LogP contribution is 2.48. The molecule has 2 saturated heterocycles. The Kier molecular flexibility index (Phi) is 5.33. The van der Waals surface area contributed by atoms with Crippen molar-refractivity contribution in [2.75, 3.05) is 9.96 Å². The normalized spacial score (nSPS) is 22.4. The number of amides is 2. The molecule has 0 N–H and O–H groups in total. The van der Waals surface area contributed by atoms with Gasteiger partial charge in [0.2, 0.25) is 5.91 Å². The lowest BCUT2D eigenvalue weighted by molar-refractivity contribution is -0.137. The molecule has 0 spiro atoms. The van der Waals surface area contributed by atoms with Gasteiger partial charge in [0.25, 0.3) is 5.91 Å². The number of nitrogens with zero attached hydrogens (tertiary/aromatic N) is 2. The maximum absolute atomic E-state index is 13.6. The molecule has 34 heavy (non-hydrogen) atoms. The fourth-order valence-corrected chi connectivity index (χ4v) is 4.56. The zero-order chi connectivity index (χ0) is 24.2. The quantitative estimate of drug-likeness (QED) is 0.357. The molecule has 2 fully saturated rings. The molecule has 5 nitrogen and oxygen atoms in total. The average molecular weight is 491 g/mol. The van der Waals surface area contributed by atoms with Crippen LogP contribution >= 0.6 is 11.6 Å². The summed E-state index contributed by atoms with van der Waals surface area (Å²) in [6, 6.07) is 16.1. The van der Waals surface area contributed by atoms with Crippen LogP contribution in [0, 0.1) is 11.7 Å². The molecule has 2 aliphatic heterocycles. The highest BCUT2D eigenvalue weighted by atomic mass is 35.5. The number of para-hydroxylation sites is 1. The smallest absolute Gasteiger partial charge is 0.273 e. The molecule has 3 atom stereocenters. The van der Waals surface area contributed by atoms with Crippen molar-refractivity contribution < 1.29 is 32.0 Å². The standard InChI is InChI=1S/C24H15ClF4N2O3/c25-18-11-10-16(12-17(18)24(27,28)29)30-22(32)19-20(13-6-8-14(26)9-7-13)31(34-21(19)23(30)33)15-4-2-1-3-5-15/h1-12,19-21H/t19-,20+,21-/m1/s1. The summed E-state index contributed by atoms with van der Waals surface area (Å²) >= 11 is 5.69. The van der Waals surface area contributed by atoms with Gasteiger partial charge in [0.05, 0.1) is 28.0 Å². The van der Waals surface area contributed by atoms with Gasteiger partial charge < -0.3 is 0 Å². The molecule has 2 heterocycles. The molecule has 3 aromatic rings. The van der Waals surface area contributed by atoms with Crippen LogP contribution in [-0.2, 0) is 20.6 Å². The summed E-state index contributed by atoms with van der Waals surface area (Å²) in [4.78, 5) is 33.3. The van der Waals surface area contributed by atoms with E-state index >= 15 is 0 Å². The lowest BCUT2D eigenvalue weighted by atomic mass is 9.90. The maximum atomic E-state index is 13.6. The lowest BCUT2D eigenvalue weighted by Gasteiger charge is -2.29. The predicted molar refractivity (Wildman–Crippen MR) is 115 cm³/mol. The summed E-state index contributed by atoms with van der Waals surface area (Å²) in [6.07, 6.45) is -6.04. The van der Waals surface area contributed by atoms with E-state index in [1.807, 2.05) is 0 Å². The van der Waals surface area contributed by atoms with Crippen molar-refractivity contribution in [3.8, 4) is 0 Å². The number of hydrogen-bond donors (Lipinski definition) is 0. The number of hydrogen-bond acceptors (Lipinski definition) is 4. The number of fused-ring (bicyclic) bond motifs is 1. The van der Waals surface area contributed by atoms with Crippen LogP contribution in [0.4, 0.5) is 28.9 Å². The average Bonchev–Trinajstić information content (AvgIpc) is 3.31. The van der Waals surface area contributed by atoms with Crippen LogP contribution < -0.4 is 9.96 Å². The van der Waals surface area contributed by atoms with Crippen LogP contribution in [0.3, 0.4) is 0 Å². The van der Waals surface area contributed by atoms with E-state index in [-0.39, 0.29) is 5.69 Å². The second kappa shape index (κ2) is 8.11. The van der Waals surface area contributed by atoms with E-state index in [0.29, 0.717) is 22.2 Å². The molecule has 0 aromatic heterocycles. The zero-order valence-electron chi connectivity index (χ0n) is 17.2. The molecule has 0 saturated carbocycles. The molecule has 0 bridgehead atoms. The summed E-state index contributed by atoms with van der Waals surface area (Å²) in [6.45, 7) is 0. The van der Waals surface area contributed by atoms with Crippen molar-refractivity contribution in [3.05, 3.63) is 94.8 Å². The van der Waals surface area contributed by atoms with E-state index in [1.165, 1.54) is 35.4 Å². The first-order chi connectivity index (χ1) is 16.2. The molecule has 3 aromatic carbocycles. The number of hydroxylamine groups is 1. The second-order valence-electron chi connectivity index (χ2n) is 7.88. The number of benzene rings is 3. The molecule has 174 valence electrons. The Labute approximate surface area is 196 Å². The largest absolute Gasteiger partial charge is 0.417 e. The van der Waals surface area contributed by atoms with Gasteiger partial charge >= 0.3 is 6.18 Å². The summed E-state index contributed by atoms with van der Waals surface area (Å²) in [5.41, 5.74) is -0.350. The van der Waals surface area contributed by atoms with Gasteiger partial charge in [-0.2, -0.15) is 13.2 Å². The number of anilines is 2. The van der Waals surface area contributed by atoms with Crippen LogP contribution in [0.2, 0.25) is 5.02 Å². The van der Waals surface area contributed by atoms with Crippen LogP contribution in [0.15, 0.2) is 72.8 Å². The molecule has 0 aliphatic carbocycles. The molecular formula is C24H15ClF4N2O3. The Bertz CT molecular complexity index is 1270. The Balaban J connectivity index is 1.57. The molecule has 0 unspecified atom stereocenters. The van der Waals surface area contributed by atoms with E-state index < -0.39 is 52.5 Å². The fraction of sp³-hybridized carbons (Fsp3) is 0.167. The van der Waals surface area contributed by atoms with E-state index in [0.717, 1.165) is 6.07 Å². The number of rotatable bonds is 3. The van der Waals surface area contributed by atoms with E-state index in [4.69, 9.17) is 16.4 Å². The van der Waals surface area contributed by atoms with Crippen molar-refractivity contribution in [1.82, 2.24) is 0 Å². The number of carbonyl (C=O) groups is 2. The monoisotopic (exact) mass is 490 g/mol. The third-order valence-electron chi connectivity index (χ3n) is 5.85. The highest BCUT2D eigenvalue weighted by Gasteiger charge is 2.60. The van der Waals surface area contributed by atoms with Gasteiger partial charge in [-0.25, -0.2) is 14.4 Å². The number of imide groups is 1. The van der Waals surface area contributed by atoms with Crippen molar-refractivity contribution in [2.24, 2.45) is 5.92 Å². The van der Waals surface area contributed by atoms with Gasteiger partial charge in [-0.15, -0.1) is 0 Å². The summed E-state index contributed by atoms with van der Waals surface area (Å²) in [7, 11) is 0. The molecule has 5 rings (SSSR count). The maximum Gasteiger partial charge on any atom is 0.417 e. The van der Waals surface area contributed by atoms with Crippen LogP contribution in [0.25, 0.3) is 0 Å². The predicted octanol–water partition coefficient (Wildman–Crippen LogP) is 5.55. The third kappa shape index (κ3) is 3.61. The number of alkyl halides is 3. The fourth-order valence-electron chi connectivity index (χ4n) is 4.34. The van der Waals surface area contributed by atoms with Crippen molar-refractivity contribution in [3.63, 3.8) is 0 Å². The third-order valence-corrected chi connectivity index (χ3v) is 6.18. The Morgan fingerprint density at radius 2 is 1.53 bits per heavy atom. The minimum Gasteiger partial charge on any atom is -0.273 e. The topological polar surface area (TPSA) is 49.9 Å². The van der Waals surface area contributed by atoms with Crippen molar-refractivity contribution in [1.29, 1.82) is 0 Å². The molecule has 0 radical (unpaired) electrons. The van der Waals surface area contributed by atoms with E-state index in [2.05, 4.69) is 0 Å². The van der Waals surface area contributed by atoms with Crippen molar-refractivity contribution in [2.45, 2.75) is 18.3 Å². The molecule has 10 heteroatoms. The van der Waals surface area contributed by atoms with Crippen LogP contribution in [0.1, 0.15) is 17.2 Å². The van der Waals surface area contributed by atoms with Crippen molar-refractivity contribution >= 4 is 34.8 Å². The van der Waals surface area contributed by atoms with Gasteiger partial charge in [-0.1, -0.05) is 41.9 Å². The van der Waals surface area contributed by atoms with Gasteiger partial charge in [0, 0.05) is 0 Å². The highest BCUT2D eigenvalue weighted by molar-refractivity contribution is 6.31. The van der Waals surface area contributed by atoms with Crippen LogP contribution in [0.5, 0.6) is 0 Å². The summed E-state index contributed by atoms with van der Waals surface area (Å²) in [5.74, 6) is -3.07. The van der Waals surface area contributed by atoms with Gasteiger partial charge in [-0.05, 0) is 48.0 Å². The lowest BCUT2D eigenvalue weighted by Crippen LogP contribution is -2.37. The van der Waals surface area contributed by atoms with Crippen LogP contribution in [-0.4, -0.2) is 17.9 Å². The second-order valence-corrected chi connectivity index (χ2v) is 8.29. The number of halogens is 5. The van der Waals surface area contributed by atoms with E-state index in [9.17, 15) is 27.2 Å². The minimum atomic E-state index is -4.77. The Hall–Kier alpha value is -3.43. The van der Waals surface area contributed by atoms with Gasteiger partial charge in [0.15, 0.2) is 6.10 Å². The first-order valence-corrected chi connectivity index (χ1v) is 10.6. The summed E-state index contributed by atoms with van der Waals surface area (Å²) in [5, 5.41) is 0.866. The Morgan fingerprint density at radius 1 is 0.853 bits per heavy atom. The zero-order valence-corrected chi connectivity index (χ0v) is 17.9. The molecule has 2 aliphatic rings. The van der Waals surface area contributed by atoms with E-state index in [1.54, 1.807) is 30.3 Å². The summed E-state index contributed by atoms with van der Waals surface area (Å²) < 4.78 is 53.7. The van der Waals surface area contributed by atoms with Gasteiger partial charge in [-0.3, -0.25) is 14.4 Å².